The molecule has 0 saturated carbocycles. The van der Waals surface area contributed by atoms with Crippen molar-refractivity contribution in [1.82, 2.24) is 0 Å². The van der Waals surface area contributed by atoms with E-state index in [9.17, 15) is 0 Å². The minimum Gasteiger partial charge on any atom is -0.377 e. The lowest BCUT2D eigenvalue weighted by atomic mass is 10.1. The number of nitrogens with zero attached hydrogens (tertiary/aromatic N) is 1. The summed E-state index contributed by atoms with van der Waals surface area (Å²) in [7, 11) is 4.21. The van der Waals surface area contributed by atoms with Gasteiger partial charge in [-0.05, 0) is 30.5 Å². The first-order chi connectivity index (χ1) is 6.15. The van der Waals surface area contributed by atoms with Crippen LogP contribution in [-0.2, 0) is 6.42 Å². The van der Waals surface area contributed by atoms with Crippen LogP contribution in [-0.4, -0.2) is 14.1 Å². The van der Waals surface area contributed by atoms with Gasteiger partial charge in [0.15, 0.2) is 0 Å². The molecule has 0 atom stereocenters. The van der Waals surface area contributed by atoms with Crippen LogP contribution in [0.15, 0.2) is 18.2 Å². The molecule has 13 heavy (non-hydrogen) atoms. The Labute approximate surface area is 81.4 Å². The average molecular weight is 177 g/mol. The number of rotatable bonds is 3. The largest absolute Gasteiger partial charge is 0.377 e. The zero-order valence-corrected chi connectivity index (χ0v) is 9.09. The molecular weight excluding hydrogens is 158 g/mol. The summed E-state index contributed by atoms with van der Waals surface area (Å²) in [6.45, 7) is 4.36. The smallest absolute Gasteiger partial charge is 0.0396 e. The normalized spacial score (nSPS) is 10.2. The summed E-state index contributed by atoms with van der Waals surface area (Å²) >= 11 is 0. The summed E-state index contributed by atoms with van der Waals surface area (Å²) in [5.41, 5.74) is 4.16. The van der Waals surface area contributed by atoms with Crippen LogP contribution in [0.5, 0.6) is 0 Å². The Bertz CT molecular complexity index is 276. The number of hydrogen-bond acceptors (Lipinski definition) is 1. The molecule has 0 unspecified atom stereocenters. The Morgan fingerprint density at radius 1 is 1.23 bits per heavy atom. The van der Waals surface area contributed by atoms with E-state index in [0.717, 1.165) is 0 Å². The topological polar surface area (TPSA) is 3.24 Å². The maximum absolute atomic E-state index is 2.25. The molecule has 1 nitrogen and oxygen atoms in total. The molecule has 0 spiro atoms. The average Bonchev–Trinajstić information content (AvgIpc) is 2.08. The monoisotopic (exact) mass is 177 g/mol. The van der Waals surface area contributed by atoms with Crippen molar-refractivity contribution in [3.8, 4) is 0 Å². The van der Waals surface area contributed by atoms with Gasteiger partial charge in [0.25, 0.3) is 0 Å². The van der Waals surface area contributed by atoms with Crippen LogP contribution in [0.3, 0.4) is 0 Å². The maximum atomic E-state index is 2.25. The Kier molecular flexibility index (Phi) is 3.35. The van der Waals surface area contributed by atoms with Gasteiger partial charge in [-0.25, -0.2) is 0 Å². The fraction of sp³-hybridized carbons (Fsp3) is 0.500. The van der Waals surface area contributed by atoms with Crippen molar-refractivity contribution in [3.63, 3.8) is 0 Å². The molecule has 1 aromatic carbocycles. The zero-order chi connectivity index (χ0) is 9.84. The van der Waals surface area contributed by atoms with Crippen molar-refractivity contribution < 1.29 is 0 Å². The van der Waals surface area contributed by atoms with E-state index >= 15 is 0 Å². The molecule has 0 saturated heterocycles. The molecule has 1 aromatic rings. The van der Waals surface area contributed by atoms with E-state index in [2.05, 4.69) is 51.0 Å². The molecule has 0 radical (unpaired) electrons. The van der Waals surface area contributed by atoms with E-state index in [0.29, 0.717) is 0 Å². The molecule has 0 aliphatic heterocycles. The minimum absolute atomic E-state index is 1.17. The van der Waals surface area contributed by atoms with Gasteiger partial charge in [0, 0.05) is 19.8 Å². The Hall–Kier alpha value is -0.980. The lowest BCUT2D eigenvalue weighted by Gasteiger charge is -2.17. The molecule has 0 fully saturated rings. The molecule has 0 aliphatic rings. The molecule has 1 rings (SSSR count). The van der Waals surface area contributed by atoms with E-state index in [1.807, 2.05) is 0 Å². The van der Waals surface area contributed by atoms with E-state index in [4.69, 9.17) is 0 Å². The van der Waals surface area contributed by atoms with E-state index in [-0.39, 0.29) is 0 Å². The van der Waals surface area contributed by atoms with Crippen LogP contribution in [0.25, 0.3) is 0 Å². The molecule has 0 aromatic heterocycles. The van der Waals surface area contributed by atoms with Crippen molar-refractivity contribution in [2.45, 2.75) is 26.7 Å². The maximum Gasteiger partial charge on any atom is 0.0396 e. The summed E-state index contributed by atoms with van der Waals surface area (Å²) in [4.78, 5) is 2.19. The van der Waals surface area contributed by atoms with Gasteiger partial charge in [0.1, 0.15) is 0 Å². The molecule has 72 valence electrons. The van der Waals surface area contributed by atoms with Gasteiger partial charge < -0.3 is 4.90 Å². The molecule has 0 aliphatic carbocycles. The second-order valence-corrected chi connectivity index (χ2v) is 3.78. The summed E-state index contributed by atoms with van der Waals surface area (Å²) in [6.07, 6.45) is 2.39. The van der Waals surface area contributed by atoms with Crippen molar-refractivity contribution in [1.29, 1.82) is 0 Å². The highest BCUT2D eigenvalue weighted by Crippen LogP contribution is 2.21. The van der Waals surface area contributed by atoms with E-state index in [1.165, 1.54) is 29.7 Å². The number of anilines is 1. The SMILES string of the molecule is CCCc1ccc(C)cc1N(C)C. The Morgan fingerprint density at radius 3 is 2.46 bits per heavy atom. The molecule has 0 heterocycles. The van der Waals surface area contributed by atoms with Crippen molar-refractivity contribution >= 4 is 5.69 Å². The highest BCUT2D eigenvalue weighted by Gasteiger charge is 2.02. The first-order valence-corrected chi connectivity index (χ1v) is 4.92. The third-order valence-electron chi connectivity index (χ3n) is 2.24. The van der Waals surface area contributed by atoms with Gasteiger partial charge in [-0.1, -0.05) is 25.5 Å². The van der Waals surface area contributed by atoms with Gasteiger partial charge in [-0.3, -0.25) is 0 Å². The van der Waals surface area contributed by atoms with Gasteiger partial charge in [-0.15, -0.1) is 0 Å². The zero-order valence-electron chi connectivity index (χ0n) is 9.09. The van der Waals surface area contributed by atoms with Crippen LogP contribution in [0.1, 0.15) is 24.5 Å². The standard InChI is InChI=1S/C12H19N/c1-5-6-11-8-7-10(2)9-12(11)13(3)4/h7-9H,5-6H2,1-4H3. The molecule has 0 bridgehead atoms. The van der Waals surface area contributed by atoms with Crippen LogP contribution in [0, 0.1) is 6.92 Å². The second-order valence-electron chi connectivity index (χ2n) is 3.78. The summed E-state index contributed by atoms with van der Waals surface area (Å²) < 4.78 is 0. The fourth-order valence-corrected chi connectivity index (χ4v) is 1.57. The predicted octanol–water partition coefficient (Wildman–Crippen LogP) is 3.01. The van der Waals surface area contributed by atoms with Gasteiger partial charge in [0.2, 0.25) is 0 Å². The van der Waals surface area contributed by atoms with Crippen molar-refractivity contribution in [3.05, 3.63) is 29.3 Å². The highest BCUT2D eigenvalue weighted by atomic mass is 15.1. The van der Waals surface area contributed by atoms with Crippen molar-refractivity contribution in [2.75, 3.05) is 19.0 Å². The molecule has 0 N–H and O–H groups in total. The van der Waals surface area contributed by atoms with Crippen LogP contribution in [0.4, 0.5) is 5.69 Å². The first-order valence-electron chi connectivity index (χ1n) is 4.92. The minimum atomic E-state index is 1.17. The van der Waals surface area contributed by atoms with Crippen LogP contribution >= 0.6 is 0 Å². The predicted molar refractivity (Wildman–Crippen MR) is 59.5 cm³/mol. The summed E-state index contributed by atoms with van der Waals surface area (Å²) in [5, 5.41) is 0. The number of hydrogen-bond donors (Lipinski definition) is 0. The molecule has 0 amide bonds. The number of benzene rings is 1. The first kappa shape index (κ1) is 10.1. The summed E-state index contributed by atoms with van der Waals surface area (Å²) in [5.74, 6) is 0. The van der Waals surface area contributed by atoms with Gasteiger partial charge >= 0.3 is 0 Å². The quantitative estimate of drug-likeness (QED) is 0.686. The third-order valence-corrected chi connectivity index (χ3v) is 2.24. The summed E-state index contributed by atoms with van der Waals surface area (Å²) in [6, 6.07) is 6.69. The highest BCUT2D eigenvalue weighted by molar-refractivity contribution is 5.54. The van der Waals surface area contributed by atoms with Crippen molar-refractivity contribution in [2.24, 2.45) is 0 Å². The Morgan fingerprint density at radius 2 is 1.92 bits per heavy atom. The van der Waals surface area contributed by atoms with E-state index in [1.54, 1.807) is 0 Å². The molecular formula is C12H19N. The lowest BCUT2D eigenvalue weighted by molar-refractivity contribution is 0.911. The van der Waals surface area contributed by atoms with E-state index < -0.39 is 0 Å². The number of aryl methyl sites for hydroxylation is 2. The third kappa shape index (κ3) is 2.48. The molecule has 1 heteroatoms. The second kappa shape index (κ2) is 4.31. The van der Waals surface area contributed by atoms with Crippen LogP contribution in [0.2, 0.25) is 0 Å². The van der Waals surface area contributed by atoms with Gasteiger partial charge in [0.05, 0.1) is 0 Å². The Balaban J connectivity index is 3.03. The lowest BCUT2D eigenvalue weighted by Crippen LogP contribution is -2.11. The van der Waals surface area contributed by atoms with Gasteiger partial charge in [-0.2, -0.15) is 0 Å². The van der Waals surface area contributed by atoms with Crippen LogP contribution < -0.4 is 4.90 Å². The fourth-order valence-electron chi connectivity index (χ4n) is 1.57.